The first-order valence-corrected chi connectivity index (χ1v) is 14.4. The third-order valence-corrected chi connectivity index (χ3v) is 6.84. The number of benzene rings is 3. The van der Waals surface area contributed by atoms with E-state index in [1.807, 2.05) is 6.07 Å². The van der Waals surface area contributed by atoms with Crippen LogP contribution in [0, 0.1) is 5.82 Å². The molecule has 1 atom stereocenters. The van der Waals surface area contributed by atoms with Gasteiger partial charge in [-0.3, -0.25) is 4.79 Å². The van der Waals surface area contributed by atoms with Crippen molar-refractivity contribution >= 4 is 24.1 Å². The van der Waals surface area contributed by atoms with E-state index < -0.39 is 23.9 Å². The Labute approximate surface area is 266 Å². The number of hydrogen-bond acceptors (Lipinski definition) is 8. The van der Waals surface area contributed by atoms with Gasteiger partial charge in [-0.2, -0.15) is 5.10 Å². The molecule has 3 aromatic rings. The lowest BCUT2D eigenvalue weighted by molar-refractivity contribution is -0.139. The number of carbonyl (C=O) groups excluding carboxylic acids is 3. The maximum Gasteiger partial charge on any atom is 0.338 e. The molecular formula is C34H35FN4O7. The van der Waals surface area contributed by atoms with Gasteiger partial charge < -0.3 is 29.6 Å². The highest BCUT2D eigenvalue weighted by atomic mass is 19.1. The number of carbonyl (C=O) groups is 3. The van der Waals surface area contributed by atoms with Crippen molar-refractivity contribution in [2.75, 3.05) is 20.3 Å². The van der Waals surface area contributed by atoms with E-state index in [9.17, 15) is 18.8 Å². The molecule has 12 heteroatoms. The van der Waals surface area contributed by atoms with Crippen molar-refractivity contribution in [2.45, 2.75) is 32.9 Å². The van der Waals surface area contributed by atoms with Gasteiger partial charge in [0.05, 0.1) is 31.5 Å². The Balaban J connectivity index is 1.37. The van der Waals surface area contributed by atoms with Crippen LogP contribution in [0.2, 0.25) is 0 Å². The number of hydrazone groups is 1. The summed E-state index contributed by atoms with van der Waals surface area (Å²) >= 11 is 0. The summed E-state index contributed by atoms with van der Waals surface area (Å²) < 4.78 is 36.1. The van der Waals surface area contributed by atoms with E-state index in [1.54, 1.807) is 68.5 Å². The van der Waals surface area contributed by atoms with E-state index in [2.05, 4.69) is 27.7 Å². The maximum atomic E-state index is 14.0. The molecule has 0 unspecified atom stereocenters. The number of methoxy groups -OCH3 is 1. The average Bonchev–Trinajstić information content (AvgIpc) is 3.04. The Morgan fingerprint density at radius 1 is 1.04 bits per heavy atom. The Morgan fingerprint density at radius 3 is 2.57 bits per heavy atom. The molecule has 0 saturated heterocycles. The molecule has 0 aliphatic carbocycles. The van der Waals surface area contributed by atoms with Crippen molar-refractivity contribution in [2.24, 2.45) is 5.10 Å². The number of esters is 1. The van der Waals surface area contributed by atoms with Crippen LogP contribution in [-0.4, -0.2) is 44.4 Å². The Hall–Kier alpha value is -5.65. The van der Waals surface area contributed by atoms with Gasteiger partial charge >= 0.3 is 12.0 Å². The largest absolute Gasteiger partial charge is 0.493 e. The van der Waals surface area contributed by atoms with Crippen LogP contribution in [0.4, 0.5) is 9.18 Å². The monoisotopic (exact) mass is 630 g/mol. The zero-order valence-electron chi connectivity index (χ0n) is 25.7. The van der Waals surface area contributed by atoms with Gasteiger partial charge in [0, 0.05) is 11.3 Å². The highest BCUT2D eigenvalue weighted by Crippen LogP contribution is 2.34. The summed E-state index contributed by atoms with van der Waals surface area (Å²) in [5.41, 5.74) is 5.58. The van der Waals surface area contributed by atoms with Gasteiger partial charge in [-0.1, -0.05) is 30.3 Å². The number of allylic oxidation sites excluding steroid dienone is 2. The van der Waals surface area contributed by atoms with Gasteiger partial charge in [-0.05, 0) is 73.4 Å². The summed E-state index contributed by atoms with van der Waals surface area (Å²) in [5, 5.41) is 9.33. The second-order valence-electron chi connectivity index (χ2n) is 10.0. The van der Waals surface area contributed by atoms with Gasteiger partial charge in [-0.15, -0.1) is 6.58 Å². The van der Waals surface area contributed by atoms with E-state index >= 15 is 0 Å². The van der Waals surface area contributed by atoms with E-state index in [4.69, 9.17) is 18.9 Å². The molecule has 0 spiro atoms. The number of rotatable bonds is 14. The first kappa shape index (κ1) is 33.2. The van der Waals surface area contributed by atoms with Crippen molar-refractivity contribution in [3.05, 3.63) is 113 Å². The summed E-state index contributed by atoms with van der Waals surface area (Å²) in [7, 11) is 1.43. The van der Waals surface area contributed by atoms with Crippen molar-refractivity contribution in [1.29, 1.82) is 0 Å². The molecule has 1 heterocycles. The van der Waals surface area contributed by atoms with Crippen LogP contribution in [0.25, 0.3) is 0 Å². The van der Waals surface area contributed by atoms with Crippen LogP contribution < -0.4 is 30.3 Å². The normalized spacial score (nSPS) is 14.3. The van der Waals surface area contributed by atoms with Crippen LogP contribution in [-0.2, 0) is 27.4 Å². The van der Waals surface area contributed by atoms with Crippen molar-refractivity contribution in [3.63, 3.8) is 0 Å². The van der Waals surface area contributed by atoms with Gasteiger partial charge in [-0.25, -0.2) is 19.4 Å². The minimum Gasteiger partial charge on any atom is -0.493 e. The summed E-state index contributed by atoms with van der Waals surface area (Å²) in [5.74, 6) is -0.277. The summed E-state index contributed by atoms with van der Waals surface area (Å²) in [6, 6.07) is 15.4. The van der Waals surface area contributed by atoms with E-state index in [1.165, 1.54) is 19.4 Å². The number of nitrogens with zero attached hydrogens (tertiary/aromatic N) is 1. The Morgan fingerprint density at radius 2 is 1.83 bits per heavy atom. The number of ether oxygens (including phenoxy) is 4. The molecule has 0 radical (unpaired) electrons. The smallest absolute Gasteiger partial charge is 0.338 e. The van der Waals surface area contributed by atoms with Gasteiger partial charge in [0.2, 0.25) is 0 Å². The first-order valence-electron chi connectivity index (χ1n) is 14.4. The minimum atomic E-state index is -0.784. The lowest BCUT2D eigenvalue weighted by Gasteiger charge is -2.28. The fourth-order valence-corrected chi connectivity index (χ4v) is 4.67. The molecule has 0 aromatic heterocycles. The standard InChI is InChI=1S/C34H35FN4O7/c1-5-9-23-16-22(12-14-27(23)45-19-25-10-7-8-11-26(25)35)18-36-39-30(40)20-46-28-15-13-24(17-29(28)43-4)32-31(33(41)44-6-2)21(3)37-34(42)38-32/h5,7-8,10-18,32H,1,6,9,19-20H2,2-4H3,(H,39,40)(H2,37,38,42)/b36-18-/t32-/m0/s1. The molecule has 0 saturated carbocycles. The van der Waals surface area contributed by atoms with Crippen LogP contribution in [0.15, 0.2) is 89.7 Å². The predicted octanol–water partition coefficient (Wildman–Crippen LogP) is 4.86. The molecule has 0 fully saturated rings. The molecular weight excluding hydrogens is 595 g/mol. The summed E-state index contributed by atoms with van der Waals surface area (Å²) in [6.07, 6.45) is 3.72. The third kappa shape index (κ3) is 8.50. The Bertz CT molecular complexity index is 1670. The highest BCUT2D eigenvalue weighted by molar-refractivity contribution is 5.95. The lowest BCUT2D eigenvalue weighted by atomic mass is 9.95. The summed E-state index contributed by atoms with van der Waals surface area (Å²) in [4.78, 5) is 37.3. The number of halogens is 1. The third-order valence-electron chi connectivity index (χ3n) is 6.84. The SMILES string of the molecule is C=CCc1cc(/C=N\NC(=O)COc2ccc([C@@H]3NC(=O)NC(C)=C3C(=O)OCC)cc2OC)ccc1OCc1ccccc1F. The van der Waals surface area contributed by atoms with Crippen LogP contribution in [0.3, 0.4) is 0 Å². The van der Waals surface area contributed by atoms with Gasteiger partial charge in [0.25, 0.3) is 5.91 Å². The highest BCUT2D eigenvalue weighted by Gasteiger charge is 2.32. The molecule has 46 heavy (non-hydrogen) atoms. The lowest BCUT2D eigenvalue weighted by Crippen LogP contribution is -2.45. The van der Waals surface area contributed by atoms with E-state index in [0.29, 0.717) is 34.6 Å². The number of amides is 3. The van der Waals surface area contributed by atoms with Crippen molar-refractivity contribution < 1.29 is 37.7 Å². The quantitative estimate of drug-likeness (QED) is 0.100. The number of nitrogens with one attached hydrogen (secondary N) is 3. The topological polar surface area (TPSA) is 137 Å². The minimum absolute atomic E-state index is 0.0772. The average molecular weight is 631 g/mol. The first-order chi connectivity index (χ1) is 22.2. The molecule has 0 bridgehead atoms. The molecule has 11 nitrogen and oxygen atoms in total. The van der Waals surface area contributed by atoms with Crippen molar-refractivity contribution in [3.8, 4) is 17.2 Å². The van der Waals surface area contributed by atoms with E-state index in [0.717, 1.165) is 5.56 Å². The zero-order chi connectivity index (χ0) is 33.1. The maximum absolute atomic E-state index is 14.0. The molecule has 3 aromatic carbocycles. The molecule has 1 aliphatic heterocycles. The second-order valence-corrected chi connectivity index (χ2v) is 10.0. The number of hydrogen-bond donors (Lipinski definition) is 3. The number of urea groups is 1. The molecule has 240 valence electrons. The van der Waals surface area contributed by atoms with Crippen LogP contribution in [0.5, 0.6) is 17.2 Å². The second kappa shape index (κ2) is 15.9. The van der Waals surface area contributed by atoms with Crippen LogP contribution >= 0.6 is 0 Å². The van der Waals surface area contributed by atoms with E-state index in [-0.39, 0.29) is 42.7 Å². The van der Waals surface area contributed by atoms with Crippen LogP contribution in [0.1, 0.15) is 42.1 Å². The zero-order valence-corrected chi connectivity index (χ0v) is 25.7. The molecule has 3 N–H and O–H groups in total. The summed E-state index contributed by atoms with van der Waals surface area (Å²) in [6.45, 7) is 6.98. The predicted molar refractivity (Wildman–Crippen MR) is 169 cm³/mol. The Kier molecular flexibility index (Phi) is 11.5. The molecule has 3 amide bonds. The molecule has 4 rings (SSSR count). The molecule has 1 aliphatic rings. The van der Waals surface area contributed by atoms with Gasteiger partial charge in [0.1, 0.15) is 18.2 Å². The van der Waals surface area contributed by atoms with Gasteiger partial charge in [0.15, 0.2) is 18.1 Å². The fraction of sp³-hybridized carbons (Fsp3) is 0.235. The fourth-order valence-electron chi connectivity index (χ4n) is 4.67. The van der Waals surface area contributed by atoms with Crippen molar-refractivity contribution in [1.82, 2.24) is 16.1 Å².